The summed E-state index contributed by atoms with van der Waals surface area (Å²) in [6.45, 7) is 4.07. The highest BCUT2D eigenvalue weighted by Crippen LogP contribution is 2.30. The Morgan fingerprint density at radius 2 is 1.43 bits per heavy atom. The zero-order valence-corrected chi connectivity index (χ0v) is 17.2. The van der Waals surface area contributed by atoms with E-state index in [1.807, 2.05) is 60.7 Å². The number of allylic oxidation sites excluding steroid dienone is 1. The molecular formula is C24H26N2O4. The summed E-state index contributed by atoms with van der Waals surface area (Å²) in [6, 6.07) is 18.6. The van der Waals surface area contributed by atoms with Crippen molar-refractivity contribution < 1.29 is 19.1 Å². The van der Waals surface area contributed by atoms with Crippen LogP contribution >= 0.6 is 0 Å². The van der Waals surface area contributed by atoms with Gasteiger partial charge in [-0.25, -0.2) is 9.59 Å². The first-order valence-electron chi connectivity index (χ1n) is 10.0. The number of esters is 2. The molecule has 0 fully saturated rings. The fraction of sp³-hybridized carbons (Fsp3) is 0.250. The largest absolute Gasteiger partial charge is 0.463 e. The summed E-state index contributed by atoms with van der Waals surface area (Å²) in [5.74, 6) is -0.823. The molecule has 0 amide bonds. The molecule has 0 bridgehead atoms. The molecule has 6 nitrogen and oxygen atoms in total. The van der Waals surface area contributed by atoms with Gasteiger partial charge in [0.05, 0.1) is 30.4 Å². The summed E-state index contributed by atoms with van der Waals surface area (Å²) >= 11 is 0. The summed E-state index contributed by atoms with van der Waals surface area (Å²) < 4.78 is 10.6. The van der Waals surface area contributed by atoms with Gasteiger partial charge in [0.1, 0.15) is 0 Å². The highest BCUT2D eigenvalue weighted by Gasteiger charge is 2.32. The summed E-state index contributed by atoms with van der Waals surface area (Å²) in [5.41, 5.74) is 3.12. The Bertz CT molecular complexity index is 936. The van der Waals surface area contributed by atoms with E-state index in [0.717, 1.165) is 11.4 Å². The molecule has 2 N–H and O–H groups in total. The third kappa shape index (κ3) is 5.29. The number of benzene rings is 2. The topological polar surface area (TPSA) is 76.7 Å². The molecule has 30 heavy (non-hydrogen) atoms. The van der Waals surface area contributed by atoms with Crippen molar-refractivity contribution in [1.82, 2.24) is 0 Å². The predicted molar refractivity (Wildman–Crippen MR) is 117 cm³/mol. The molecule has 2 aromatic rings. The minimum absolute atomic E-state index is 0.268. The number of anilines is 2. The standard InChI is InChI=1S/C24H26N2O4/c1-3-29-23(27)19-15-22(26-18-13-9-6-10-14-18)20(24(28)30-4-2)16-21(19)25-17-11-7-5-8-12-17/h5-15,21,25-26H,3-4,16H2,1-2H3. The molecule has 0 saturated carbocycles. The van der Waals surface area contributed by atoms with Crippen LogP contribution in [0.15, 0.2) is 83.6 Å². The predicted octanol–water partition coefficient (Wildman–Crippen LogP) is 4.29. The summed E-state index contributed by atoms with van der Waals surface area (Å²) in [5, 5.41) is 6.59. The zero-order chi connectivity index (χ0) is 21.3. The van der Waals surface area contributed by atoms with Crippen molar-refractivity contribution in [3.63, 3.8) is 0 Å². The summed E-state index contributed by atoms with van der Waals surface area (Å²) in [4.78, 5) is 25.4. The van der Waals surface area contributed by atoms with Gasteiger partial charge in [-0.2, -0.15) is 0 Å². The average molecular weight is 406 g/mol. The quantitative estimate of drug-likeness (QED) is 0.637. The number of ether oxygens (including phenoxy) is 2. The highest BCUT2D eigenvalue weighted by atomic mass is 16.5. The van der Waals surface area contributed by atoms with E-state index in [1.54, 1.807) is 19.9 Å². The average Bonchev–Trinajstić information content (AvgIpc) is 2.76. The van der Waals surface area contributed by atoms with Crippen LogP contribution in [0, 0.1) is 0 Å². The van der Waals surface area contributed by atoms with Crippen LogP contribution in [0.5, 0.6) is 0 Å². The van der Waals surface area contributed by atoms with Gasteiger partial charge in [-0.1, -0.05) is 36.4 Å². The van der Waals surface area contributed by atoms with Crippen molar-refractivity contribution in [2.24, 2.45) is 0 Å². The van der Waals surface area contributed by atoms with Crippen molar-refractivity contribution in [2.45, 2.75) is 26.3 Å². The number of carbonyl (C=O) groups excluding carboxylic acids is 2. The maximum Gasteiger partial charge on any atom is 0.336 e. The molecule has 1 aliphatic rings. The normalized spacial score (nSPS) is 15.8. The van der Waals surface area contributed by atoms with Crippen LogP contribution in [0.25, 0.3) is 0 Å². The molecule has 1 unspecified atom stereocenters. The minimum atomic E-state index is -0.424. The van der Waals surface area contributed by atoms with Crippen molar-refractivity contribution in [3.05, 3.63) is 83.6 Å². The molecule has 0 aromatic heterocycles. The summed E-state index contributed by atoms with van der Waals surface area (Å²) in [6.07, 6.45) is 1.97. The van der Waals surface area contributed by atoms with Crippen molar-refractivity contribution in [1.29, 1.82) is 0 Å². The Kier molecular flexibility index (Phi) is 7.27. The molecule has 0 saturated heterocycles. The number of carbonyl (C=O) groups is 2. The van der Waals surface area contributed by atoms with E-state index >= 15 is 0 Å². The Labute approximate surface area is 176 Å². The van der Waals surface area contributed by atoms with Gasteiger partial charge in [0.2, 0.25) is 0 Å². The van der Waals surface area contributed by atoms with Crippen molar-refractivity contribution >= 4 is 23.3 Å². The third-order valence-corrected chi connectivity index (χ3v) is 4.61. The third-order valence-electron chi connectivity index (χ3n) is 4.61. The van der Waals surface area contributed by atoms with E-state index in [2.05, 4.69) is 10.6 Å². The lowest BCUT2D eigenvalue weighted by molar-refractivity contribution is -0.140. The van der Waals surface area contributed by atoms with Crippen LogP contribution in [-0.2, 0) is 19.1 Å². The molecule has 0 heterocycles. The van der Waals surface area contributed by atoms with Gasteiger partial charge >= 0.3 is 11.9 Å². The highest BCUT2D eigenvalue weighted by molar-refractivity contribution is 5.97. The van der Waals surface area contributed by atoms with E-state index in [-0.39, 0.29) is 19.6 Å². The molecule has 156 valence electrons. The monoisotopic (exact) mass is 406 g/mol. The fourth-order valence-corrected chi connectivity index (χ4v) is 3.25. The molecule has 2 aromatic carbocycles. The van der Waals surface area contributed by atoms with Crippen LogP contribution in [-0.4, -0.2) is 31.2 Å². The van der Waals surface area contributed by atoms with E-state index < -0.39 is 18.0 Å². The lowest BCUT2D eigenvalue weighted by Gasteiger charge is -2.28. The van der Waals surface area contributed by atoms with Crippen LogP contribution < -0.4 is 10.6 Å². The second-order valence-electron chi connectivity index (χ2n) is 6.69. The number of hydrogen-bond acceptors (Lipinski definition) is 6. The Morgan fingerprint density at radius 1 is 0.867 bits per heavy atom. The Hall–Kier alpha value is -3.54. The molecule has 1 atom stereocenters. The van der Waals surface area contributed by atoms with Gasteiger partial charge < -0.3 is 20.1 Å². The molecule has 3 rings (SSSR count). The van der Waals surface area contributed by atoms with E-state index in [1.165, 1.54) is 0 Å². The smallest absolute Gasteiger partial charge is 0.336 e. The van der Waals surface area contributed by atoms with Crippen molar-refractivity contribution in [3.8, 4) is 0 Å². The number of hydrogen-bond donors (Lipinski definition) is 2. The minimum Gasteiger partial charge on any atom is -0.463 e. The van der Waals surface area contributed by atoms with E-state index in [9.17, 15) is 9.59 Å². The first-order valence-corrected chi connectivity index (χ1v) is 10.0. The molecule has 6 heteroatoms. The van der Waals surface area contributed by atoms with E-state index in [0.29, 0.717) is 16.8 Å². The lowest BCUT2D eigenvalue weighted by atomic mass is 9.90. The van der Waals surface area contributed by atoms with Gasteiger partial charge in [0.25, 0.3) is 0 Å². The molecule has 0 radical (unpaired) electrons. The van der Waals surface area contributed by atoms with Gasteiger partial charge in [0, 0.05) is 23.5 Å². The number of para-hydroxylation sites is 2. The fourth-order valence-electron chi connectivity index (χ4n) is 3.25. The van der Waals surface area contributed by atoms with Crippen LogP contribution in [0.3, 0.4) is 0 Å². The van der Waals surface area contributed by atoms with Crippen LogP contribution in [0.2, 0.25) is 0 Å². The first-order chi connectivity index (χ1) is 14.6. The Morgan fingerprint density at radius 3 is 2.03 bits per heavy atom. The number of rotatable bonds is 8. The van der Waals surface area contributed by atoms with Gasteiger partial charge in [-0.3, -0.25) is 0 Å². The van der Waals surface area contributed by atoms with Gasteiger partial charge in [-0.15, -0.1) is 0 Å². The zero-order valence-electron chi connectivity index (χ0n) is 17.2. The SMILES string of the molecule is CCOC(=O)C1=CC(Nc2ccccc2)=C(C(=O)OCC)CC1Nc1ccccc1. The van der Waals surface area contributed by atoms with E-state index in [4.69, 9.17) is 9.47 Å². The van der Waals surface area contributed by atoms with Crippen LogP contribution in [0.1, 0.15) is 20.3 Å². The second-order valence-corrected chi connectivity index (χ2v) is 6.69. The maximum absolute atomic E-state index is 12.7. The van der Waals surface area contributed by atoms with Gasteiger partial charge in [0.15, 0.2) is 0 Å². The molecule has 0 spiro atoms. The molecule has 0 aliphatic heterocycles. The van der Waals surface area contributed by atoms with Crippen molar-refractivity contribution in [2.75, 3.05) is 23.8 Å². The van der Waals surface area contributed by atoms with Crippen LogP contribution in [0.4, 0.5) is 11.4 Å². The second kappa shape index (κ2) is 10.3. The molecule has 1 aliphatic carbocycles. The maximum atomic E-state index is 12.7. The first kappa shape index (κ1) is 21.2. The number of nitrogens with one attached hydrogen (secondary N) is 2. The Balaban J connectivity index is 2.00. The molecular weight excluding hydrogens is 380 g/mol. The lowest BCUT2D eigenvalue weighted by Crippen LogP contribution is -2.33. The summed E-state index contributed by atoms with van der Waals surface area (Å²) in [7, 11) is 0. The van der Waals surface area contributed by atoms with Gasteiger partial charge in [-0.05, 0) is 44.2 Å².